The molecule has 4 amide bonds. The van der Waals surface area contributed by atoms with Crippen molar-refractivity contribution in [1.29, 1.82) is 0 Å². The first kappa shape index (κ1) is 22.4. The lowest BCUT2D eigenvalue weighted by Crippen LogP contribution is -2.47. The summed E-state index contributed by atoms with van der Waals surface area (Å²) in [6.45, 7) is 6.74. The molecule has 0 aromatic heterocycles. The first-order valence-electron chi connectivity index (χ1n) is 9.96. The zero-order valence-electron chi connectivity index (χ0n) is 17.5. The van der Waals surface area contributed by atoms with Gasteiger partial charge < -0.3 is 15.1 Å². The number of hydrogen-bond donors (Lipinski definition) is 1. The smallest absolute Gasteiger partial charge is 0.322 e. The quantitative estimate of drug-likeness (QED) is 0.718. The van der Waals surface area contributed by atoms with E-state index in [-0.39, 0.29) is 43.4 Å². The number of nitrogens with zero attached hydrogens (tertiary/aromatic N) is 3. The van der Waals surface area contributed by atoms with E-state index in [0.717, 1.165) is 0 Å². The maximum Gasteiger partial charge on any atom is 0.322 e. The lowest BCUT2D eigenvalue weighted by Gasteiger charge is -2.33. The Morgan fingerprint density at radius 1 is 1.30 bits per heavy atom. The zero-order valence-corrected chi connectivity index (χ0v) is 19.0. The van der Waals surface area contributed by atoms with E-state index in [1.54, 1.807) is 39.9 Å². The average molecular weight is 453 g/mol. The van der Waals surface area contributed by atoms with Gasteiger partial charge in [-0.15, -0.1) is 0 Å². The Morgan fingerprint density at radius 2 is 2.00 bits per heavy atom. The van der Waals surface area contributed by atoms with Gasteiger partial charge in [-0.05, 0) is 38.5 Å². The van der Waals surface area contributed by atoms with Gasteiger partial charge in [0.1, 0.15) is 0 Å². The van der Waals surface area contributed by atoms with Crippen LogP contribution in [0.15, 0.2) is 29.5 Å². The Kier molecular flexibility index (Phi) is 6.62. The molecular formula is C21H26Cl2N4O3. The van der Waals surface area contributed by atoms with Crippen LogP contribution in [0, 0.1) is 0 Å². The van der Waals surface area contributed by atoms with Crippen LogP contribution in [-0.2, 0) is 9.59 Å². The molecule has 7 nitrogen and oxygen atoms in total. The van der Waals surface area contributed by atoms with Crippen molar-refractivity contribution in [3.63, 3.8) is 0 Å². The fraction of sp³-hybridized carbons (Fsp3) is 0.476. The highest BCUT2D eigenvalue weighted by molar-refractivity contribution is 6.35. The number of benzene rings is 1. The van der Waals surface area contributed by atoms with Gasteiger partial charge in [0, 0.05) is 42.6 Å². The number of hydrogen-bond acceptors (Lipinski definition) is 3. The third-order valence-corrected chi connectivity index (χ3v) is 6.21. The minimum absolute atomic E-state index is 0.0264. The monoisotopic (exact) mass is 452 g/mol. The highest BCUT2D eigenvalue weighted by atomic mass is 35.5. The van der Waals surface area contributed by atoms with Gasteiger partial charge in [-0.2, -0.15) is 0 Å². The number of nitrogens with one attached hydrogen (secondary N) is 1. The molecular weight excluding hydrogens is 427 g/mol. The Bertz CT molecular complexity index is 916. The Morgan fingerprint density at radius 3 is 2.60 bits per heavy atom. The molecule has 0 saturated heterocycles. The normalized spacial score (nSPS) is 18.8. The number of urea groups is 1. The maximum absolute atomic E-state index is 13.3. The van der Waals surface area contributed by atoms with Crippen molar-refractivity contribution in [2.24, 2.45) is 0 Å². The second-order valence-electron chi connectivity index (χ2n) is 7.73. The Hall–Kier alpha value is -2.25. The van der Waals surface area contributed by atoms with Crippen molar-refractivity contribution in [1.82, 2.24) is 20.0 Å². The molecule has 1 atom stereocenters. The summed E-state index contributed by atoms with van der Waals surface area (Å²) in [7, 11) is 1.75. The first-order chi connectivity index (χ1) is 14.1. The standard InChI is InChI=1S/C21H26Cl2N4O3/c1-5-27-16-11-26(9-8-17(28)25(4)12(2)3)20(29)18(16)19(24-21(27)30)14-7-6-13(22)10-15(14)23/h6-7,10,12,19H,5,8-9,11H2,1-4H3,(H,24,30). The largest absolute Gasteiger partial charge is 0.343 e. The summed E-state index contributed by atoms with van der Waals surface area (Å²) in [5.41, 5.74) is 1.76. The summed E-state index contributed by atoms with van der Waals surface area (Å²) in [5, 5.41) is 3.75. The van der Waals surface area contributed by atoms with Crippen LogP contribution in [0.3, 0.4) is 0 Å². The van der Waals surface area contributed by atoms with Gasteiger partial charge in [-0.1, -0.05) is 29.3 Å². The lowest BCUT2D eigenvalue weighted by atomic mass is 9.95. The molecule has 0 fully saturated rings. The molecule has 2 heterocycles. The summed E-state index contributed by atoms with van der Waals surface area (Å²) in [6.07, 6.45) is 0.223. The molecule has 2 aliphatic rings. The number of halogens is 2. The minimum atomic E-state index is -0.661. The van der Waals surface area contributed by atoms with Gasteiger partial charge in [0.15, 0.2) is 0 Å². The van der Waals surface area contributed by atoms with E-state index in [2.05, 4.69) is 5.32 Å². The number of likely N-dealkylation sites (N-methyl/N-ethyl adjacent to an activating group) is 1. The van der Waals surface area contributed by atoms with Crippen molar-refractivity contribution >= 4 is 41.0 Å². The SMILES string of the molecule is CCN1C(=O)NC(c2ccc(Cl)cc2Cl)C2=C1CN(CCC(=O)N(C)C(C)C)C2=O. The highest BCUT2D eigenvalue weighted by Crippen LogP contribution is 2.39. The van der Waals surface area contributed by atoms with Crippen LogP contribution < -0.4 is 5.32 Å². The average Bonchev–Trinajstić information content (AvgIpc) is 3.01. The third-order valence-electron chi connectivity index (χ3n) is 5.65. The van der Waals surface area contributed by atoms with E-state index < -0.39 is 6.04 Å². The van der Waals surface area contributed by atoms with Gasteiger partial charge in [0.25, 0.3) is 5.91 Å². The van der Waals surface area contributed by atoms with Crippen LogP contribution in [0.2, 0.25) is 10.0 Å². The summed E-state index contributed by atoms with van der Waals surface area (Å²) in [6, 6.07) is 4.14. The van der Waals surface area contributed by atoms with Crippen molar-refractivity contribution in [3.05, 3.63) is 45.1 Å². The fourth-order valence-corrected chi connectivity index (χ4v) is 4.24. The lowest BCUT2D eigenvalue weighted by molar-refractivity contribution is -0.132. The molecule has 0 radical (unpaired) electrons. The molecule has 9 heteroatoms. The van der Waals surface area contributed by atoms with Crippen molar-refractivity contribution in [2.75, 3.05) is 26.7 Å². The van der Waals surface area contributed by atoms with E-state index in [4.69, 9.17) is 23.2 Å². The summed E-state index contributed by atoms with van der Waals surface area (Å²) >= 11 is 12.4. The van der Waals surface area contributed by atoms with Crippen LogP contribution in [0.5, 0.6) is 0 Å². The van der Waals surface area contributed by atoms with Crippen LogP contribution in [0.4, 0.5) is 4.79 Å². The maximum atomic E-state index is 13.3. The van der Waals surface area contributed by atoms with Crippen LogP contribution >= 0.6 is 23.2 Å². The number of rotatable bonds is 6. The predicted molar refractivity (Wildman–Crippen MR) is 116 cm³/mol. The van der Waals surface area contributed by atoms with E-state index >= 15 is 0 Å². The van der Waals surface area contributed by atoms with E-state index in [0.29, 0.717) is 33.4 Å². The van der Waals surface area contributed by atoms with Gasteiger partial charge in [-0.3, -0.25) is 14.5 Å². The molecule has 1 aromatic carbocycles. The molecule has 3 rings (SSSR count). The van der Waals surface area contributed by atoms with Crippen LogP contribution in [0.25, 0.3) is 0 Å². The van der Waals surface area contributed by atoms with Crippen molar-refractivity contribution in [3.8, 4) is 0 Å². The molecule has 30 heavy (non-hydrogen) atoms. The highest BCUT2D eigenvalue weighted by Gasteiger charge is 2.44. The molecule has 0 bridgehead atoms. The van der Waals surface area contributed by atoms with Gasteiger partial charge in [0.2, 0.25) is 5.91 Å². The number of carbonyl (C=O) groups is 3. The summed E-state index contributed by atoms with van der Waals surface area (Å²) < 4.78 is 0. The van der Waals surface area contributed by atoms with Crippen LogP contribution in [0.1, 0.15) is 38.8 Å². The first-order valence-corrected chi connectivity index (χ1v) is 10.7. The molecule has 0 spiro atoms. The topological polar surface area (TPSA) is 73.0 Å². The Balaban J connectivity index is 1.88. The predicted octanol–water partition coefficient (Wildman–Crippen LogP) is 3.43. The molecule has 1 unspecified atom stereocenters. The zero-order chi connectivity index (χ0) is 22.2. The fourth-order valence-electron chi connectivity index (χ4n) is 3.73. The molecule has 2 aliphatic heterocycles. The Labute approximate surface area is 186 Å². The van der Waals surface area contributed by atoms with E-state index in [1.165, 1.54) is 0 Å². The summed E-state index contributed by atoms with van der Waals surface area (Å²) in [4.78, 5) is 43.2. The summed E-state index contributed by atoms with van der Waals surface area (Å²) in [5.74, 6) is -0.221. The molecule has 1 aromatic rings. The second-order valence-corrected chi connectivity index (χ2v) is 8.57. The van der Waals surface area contributed by atoms with Gasteiger partial charge in [0.05, 0.1) is 23.9 Å². The molecule has 1 N–H and O–H groups in total. The van der Waals surface area contributed by atoms with E-state index in [1.807, 2.05) is 20.8 Å². The van der Waals surface area contributed by atoms with Gasteiger partial charge >= 0.3 is 6.03 Å². The number of carbonyl (C=O) groups excluding carboxylic acids is 3. The van der Waals surface area contributed by atoms with Crippen LogP contribution in [-0.4, -0.2) is 65.3 Å². The van der Waals surface area contributed by atoms with Crippen molar-refractivity contribution < 1.29 is 14.4 Å². The third kappa shape index (κ3) is 4.14. The number of amides is 4. The van der Waals surface area contributed by atoms with Gasteiger partial charge in [-0.25, -0.2) is 4.79 Å². The molecule has 0 aliphatic carbocycles. The van der Waals surface area contributed by atoms with Crippen molar-refractivity contribution in [2.45, 2.75) is 39.3 Å². The second kappa shape index (κ2) is 8.86. The molecule has 162 valence electrons. The van der Waals surface area contributed by atoms with E-state index in [9.17, 15) is 14.4 Å². The minimum Gasteiger partial charge on any atom is -0.343 e. The molecule has 0 saturated carbocycles.